The van der Waals surface area contributed by atoms with Crippen molar-refractivity contribution in [3.63, 3.8) is 0 Å². The summed E-state index contributed by atoms with van der Waals surface area (Å²) in [6.45, 7) is 3.75. The topological polar surface area (TPSA) is 64.8 Å². The molecule has 5 nitrogen and oxygen atoms in total. The average Bonchev–Trinajstić information content (AvgIpc) is 3.07. The number of carbonyl (C=O) groups excluding carboxylic acids is 1. The van der Waals surface area contributed by atoms with E-state index in [0.29, 0.717) is 24.9 Å². The number of ether oxygens (including phenoxy) is 2. The summed E-state index contributed by atoms with van der Waals surface area (Å²) in [6.07, 6.45) is 2.72. The molecule has 2 atom stereocenters. The molecule has 132 valence electrons. The van der Waals surface area contributed by atoms with E-state index in [2.05, 4.69) is 4.90 Å². The van der Waals surface area contributed by atoms with Gasteiger partial charge >= 0.3 is 0 Å². The van der Waals surface area contributed by atoms with Crippen molar-refractivity contribution in [2.75, 3.05) is 32.8 Å². The maximum absolute atomic E-state index is 13.5. The zero-order valence-electron chi connectivity index (χ0n) is 13.8. The Morgan fingerprint density at radius 1 is 1.29 bits per heavy atom. The van der Waals surface area contributed by atoms with Gasteiger partial charge in [-0.1, -0.05) is 12.1 Å². The minimum Gasteiger partial charge on any atom is -0.489 e. The highest BCUT2D eigenvalue weighted by Gasteiger charge is 2.39. The van der Waals surface area contributed by atoms with Crippen LogP contribution in [0.5, 0.6) is 5.75 Å². The Bertz CT molecular complexity index is 561. The maximum atomic E-state index is 13.5. The first kappa shape index (κ1) is 17.2. The molecule has 0 aliphatic carbocycles. The number of halogens is 1. The van der Waals surface area contributed by atoms with Crippen LogP contribution in [-0.4, -0.2) is 49.8 Å². The summed E-state index contributed by atoms with van der Waals surface area (Å²) >= 11 is 0. The first-order chi connectivity index (χ1) is 11.6. The van der Waals surface area contributed by atoms with Crippen molar-refractivity contribution >= 4 is 5.91 Å². The van der Waals surface area contributed by atoms with Gasteiger partial charge in [-0.3, -0.25) is 9.69 Å². The zero-order chi connectivity index (χ0) is 16.9. The Hall–Kier alpha value is -1.66. The first-order valence-corrected chi connectivity index (χ1v) is 8.66. The number of likely N-dealkylation sites (tertiary alicyclic amines) is 1. The molecule has 2 N–H and O–H groups in total. The SMILES string of the molecule is NC(=O)[C@H]1CCO[C@@H]1C1CCN(CCOc2ccccc2F)CC1. The molecule has 0 saturated carbocycles. The van der Waals surface area contributed by atoms with Crippen LogP contribution in [-0.2, 0) is 9.53 Å². The number of rotatable bonds is 6. The van der Waals surface area contributed by atoms with E-state index in [-0.39, 0.29) is 23.7 Å². The van der Waals surface area contributed by atoms with Crippen LogP contribution in [0.15, 0.2) is 24.3 Å². The van der Waals surface area contributed by atoms with E-state index < -0.39 is 0 Å². The van der Waals surface area contributed by atoms with Crippen molar-refractivity contribution in [3.8, 4) is 5.75 Å². The van der Waals surface area contributed by atoms with Crippen LogP contribution in [0.3, 0.4) is 0 Å². The van der Waals surface area contributed by atoms with E-state index in [1.807, 2.05) is 0 Å². The lowest BCUT2D eigenvalue weighted by Crippen LogP contribution is -2.43. The fourth-order valence-electron chi connectivity index (χ4n) is 3.73. The minimum absolute atomic E-state index is 0.0145. The third-order valence-corrected chi connectivity index (χ3v) is 5.10. The molecule has 24 heavy (non-hydrogen) atoms. The molecule has 0 unspecified atom stereocenters. The molecule has 2 aliphatic heterocycles. The number of hydrogen-bond donors (Lipinski definition) is 1. The number of benzene rings is 1. The summed E-state index contributed by atoms with van der Waals surface area (Å²) in [5.74, 6) is 0.000943. The van der Waals surface area contributed by atoms with Gasteiger partial charge in [0.15, 0.2) is 11.6 Å². The quantitative estimate of drug-likeness (QED) is 0.860. The van der Waals surface area contributed by atoms with Crippen LogP contribution in [0, 0.1) is 17.7 Å². The molecule has 2 aliphatic rings. The molecule has 1 aromatic carbocycles. The second-order valence-electron chi connectivity index (χ2n) is 6.59. The maximum Gasteiger partial charge on any atom is 0.223 e. The lowest BCUT2D eigenvalue weighted by molar-refractivity contribution is -0.124. The van der Waals surface area contributed by atoms with Crippen LogP contribution < -0.4 is 10.5 Å². The Kier molecular flexibility index (Phi) is 5.68. The Morgan fingerprint density at radius 2 is 2.04 bits per heavy atom. The van der Waals surface area contributed by atoms with E-state index in [4.69, 9.17) is 15.2 Å². The summed E-state index contributed by atoms with van der Waals surface area (Å²) in [6, 6.07) is 6.46. The molecule has 0 bridgehead atoms. The largest absolute Gasteiger partial charge is 0.489 e. The number of amides is 1. The Morgan fingerprint density at radius 3 is 2.75 bits per heavy atom. The first-order valence-electron chi connectivity index (χ1n) is 8.66. The van der Waals surface area contributed by atoms with Gasteiger partial charge in [-0.2, -0.15) is 0 Å². The highest BCUT2D eigenvalue weighted by atomic mass is 19.1. The molecular formula is C18H25FN2O3. The highest BCUT2D eigenvalue weighted by molar-refractivity contribution is 5.77. The molecule has 2 saturated heterocycles. The molecular weight excluding hydrogens is 311 g/mol. The molecule has 1 amide bonds. The van der Waals surface area contributed by atoms with Crippen molar-refractivity contribution < 1.29 is 18.7 Å². The number of carbonyl (C=O) groups is 1. The molecule has 6 heteroatoms. The van der Waals surface area contributed by atoms with Gasteiger partial charge in [0, 0.05) is 13.2 Å². The fraction of sp³-hybridized carbons (Fsp3) is 0.611. The van der Waals surface area contributed by atoms with Gasteiger partial charge in [0.25, 0.3) is 0 Å². The predicted octanol–water partition coefficient (Wildman–Crippen LogP) is 1.81. The second kappa shape index (κ2) is 7.94. The average molecular weight is 336 g/mol. The third kappa shape index (κ3) is 4.05. The van der Waals surface area contributed by atoms with Crippen molar-refractivity contribution in [3.05, 3.63) is 30.1 Å². The van der Waals surface area contributed by atoms with E-state index in [1.54, 1.807) is 18.2 Å². The summed E-state index contributed by atoms with van der Waals surface area (Å²) in [5.41, 5.74) is 5.48. The number of nitrogens with two attached hydrogens (primary N) is 1. The lowest BCUT2D eigenvalue weighted by atomic mass is 9.84. The number of nitrogens with zero attached hydrogens (tertiary/aromatic N) is 1. The van der Waals surface area contributed by atoms with Gasteiger partial charge in [0.1, 0.15) is 6.61 Å². The van der Waals surface area contributed by atoms with Crippen molar-refractivity contribution in [2.24, 2.45) is 17.6 Å². The van der Waals surface area contributed by atoms with Crippen LogP contribution in [0.1, 0.15) is 19.3 Å². The van der Waals surface area contributed by atoms with Gasteiger partial charge < -0.3 is 15.2 Å². The zero-order valence-corrected chi connectivity index (χ0v) is 13.8. The number of para-hydroxylation sites is 1. The summed E-state index contributed by atoms with van der Waals surface area (Å²) < 4.78 is 24.8. The van der Waals surface area contributed by atoms with Gasteiger partial charge in [-0.05, 0) is 50.4 Å². The molecule has 0 aromatic heterocycles. The van der Waals surface area contributed by atoms with E-state index >= 15 is 0 Å². The van der Waals surface area contributed by atoms with Crippen LogP contribution in [0.4, 0.5) is 4.39 Å². The third-order valence-electron chi connectivity index (χ3n) is 5.10. The molecule has 0 radical (unpaired) electrons. The highest BCUT2D eigenvalue weighted by Crippen LogP contribution is 2.32. The monoisotopic (exact) mass is 336 g/mol. The summed E-state index contributed by atoms with van der Waals surface area (Å²) in [7, 11) is 0. The second-order valence-corrected chi connectivity index (χ2v) is 6.59. The van der Waals surface area contributed by atoms with Gasteiger partial charge in [-0.15, -0.1) is 0 Å². The van der Waals surface area contributed by atoms with Crippen molar-refractivity contribution in [1.82, 2.24) is 4.90 Å². The summed E-state index contributed by atoms with van der Waals surface area (Å²) in [5, 5.41) is 0. The van der Waals surface area contributed by atoms with Gasteiger partial charge in [0.05, 0.1) is 12.0 Å². The Balaban J connectivity index is 1.41. The molecule has 2 fully saturated rings. The lowest BCUT2D eigenvalue weighted by Gasteiger charge is -2.35. The fourth-order valence-corrected chi connectivity index (χ4v) is 3.73. The number of primary amides is 1. The Labute approximate surface area is 141 Å². The molecule has 3 rings (SSSR count). The van der Waals surface area contributed by atoms with Crippen LogP contribution >= 0.6 is 0 Å². The van der Waals surface area contributed by atoms with Crippen molar-refractivity contribution in [2.45, 2.75) is 25.4 Å². The van der Waals surface area contributed by atoms with Gasteiger partial charge in [-0.25, -0.2) is 4.39 Å². The normalized spacial score (nSPS) is 25.7. The van der Waals surface area contributed by atoms with E-state index in [1.165, 1.54) is 6.07 Å². The number of piperidine rings is 1. The van der Waals surface area contributed by atoms with Crippen LogP contribution in [0.2, 0.25) is 0 Å². The van der Waals surface area contributed by atoms with E-state index in [9.17, 15) is 9.18 Å². The minimum atomic E-state index is -0.327. The van der Waals surface area contributed by atoms with Crippen molar-refractivity contribution in [1.29, 1.82) is 0 Å². The smallest absolute Gasteiger partial charge is 0.223 e. The summed E-state index contributed by atoms with van der Waals surface area (Å²) in [4.78, 5) is 13.8. The molecule has 1 aromatic rings. The molecule has 0 spiro atoms. The van der Waals surface area contributed by atoms with Gasteiger partial charge in [0.2, 0.25) is 5.91 Å². The predicted molar refractivity (Wildman–Crippen MR) is 88.1 cm³/mol. The van der Waals surface area contributed by atoms with E-state index in [0.717, 1.165) is 38.9 Å². The van der Waals surface area contributed by atoms with Crippen LogP contribution in [0.25, 0.3) is 0 Å². The standard InChI is InChI=1S/C18H25FN2O3/c19-15-3-1-2-4-16(15)23-12-10-21-8-5-13(6-9-21)17-14(18(20)22)7-11-24-17/h1-4,13-14,17H,5-12H2,(H2,20,22)/t14-,17+/m0/s1. The molecule has 2 heterocycles. The number of hydrogen-bond acceptors (Lipinski definition) is 4.